The zero-order valence-electron chi connectivity index (χ0n) is 10.8. The first kappa shape index (κ1) is 15.0. The topological polar surface area (TPSA) is 0 Å². The van der Waals surface area contributed by atoms with Gasteiger partial charge in [-0.05, 0) is 31.1 Å². The van der Waals surface area contributed by atoms with Crippen LogP contribution < -0.4 is 0 Å². The van der Waals surface area contributed by atoms with Crippen LogP contribution in [-0.2, 0) is 0 Å². The number of hydrogen-bond donors (Lipinski definition) is 0. The van der Waals surface area contributed by atoms with Gasteiger partial charge in [-0.3, -0.25) is 0 Å². The molecule has 0 aromatic carbocycles. The van der Waals surface area contributed by atoms with Crippen molar-refractivity contribution in [2.24, 2.45) is 5.41 Å². The fraction of sp³-hybridized carbons (Fsp3) is 1.00. The van der Waals surface area contributed by atoms with E-state index < -0.39 is 0 Å². The van der Waals surface area contributed by atoms with E-state index in [1.165, 1.54) is 64.2 Å². The third-order valence-corrected chi connectivity index (χ3v) is 6.66. The molecule has 0 nitrogen and oxygen atoms in total. The highest BCUT2D eigenvalue weighted by Gasteiger charge is 2.48. The molecule has 16 heavy (non-hydrogen) atoms. The van der Waals surface area contributed by atoms with E-state index in [9.17, 15) is 0 Å². The molecule has 0 heterocycles. The van der Waals surface area contributed by atoms with Crippen molar-refractivity contribution in [1.82, 2.24) is 0 Å². The van der Waals surface area contributed by atoms with Crippen LogP contribution in [0.1, 0.15) is 78.1 Å². The summed E-state index contributed by atoms with van der Waals surface area (Å²) < 4.78 is 0.218. The lowest BCUT2D eigenvalue weighted by Gasteiger charge is -2.48. The summed E-state index contributed by atoms with van der Waals surface area (Å²) in [5.74, 6) is 0. The fourth-order valence-electron chi connectivity index (χ4n) is 3.03. The quantitative estimate of drug-likeness (QED) is 0.483. The molecule has 0 saturated heterocycles. The van der Waals surface area contributed by atoms with Gasteiger partial charge >= 0.3 is 0 Å². The van der Waals surface area contributed by atoms with E-state index >= 15 is 0 Å². The molecule has 0 aromatic rings. The Kier molecular flexibility index (Phi) is 6.36. The minimum atomic E-state index is 0.218. The molecule has 0 aliphatic heterocycles. The van der Waals surface area contributed by atoms with Gasteiger partial charge in [-0.15, -0.1) is 0 Å². The van der Waals surface area contributed by atoms with E-state index in [0.717, 1.165) is 0 Å². The second-order valence-electron chi connectivity index (χ2n) is 5.40. The van der Waals surface area contributed by atoms with Crippen LogP contribution in [-0.4, -0.2) is 3.23 Å². The molecule has 1 aliphatic carbocycles. The average Bonchev–Trinajstić information content (AvgIpc) is 2.26. The van der Waals surface area contributed by atoms with Crippen LogP contribution >= 0.6 is 31.9 Å². The highest BCUT2D eigenvalue weighted by molar-refractivity contribution is 9.25. The fourth-order valence-corrected chi connectivity index (χ4v) is 4.78. The van der Waals surface area contributed by atoms with Crippen molar-refractivity contribution >= 4 is 31.9 Å². The summed E-state index contributed by atoms with van der Waals surface area (Å²) in [7, 11) is 0. The summed E-state index contributed by atoms with van der Waals surface area (Å²) in [5, 5.41) is 0. The van der Waals surface area contributed by atoms with Gasteiger partial charge in [0.25, 0.3) is 0 Å². The van der Waals surface area contributed by atoms with E-state index in [1.807, 2.05) is 0 Å². The molecular weight excluding hydrogens is 328 g/mol. The highest BCUT2D eigenvalue weighted by Crippen LogP contribution is 2.58. The van der Waals surface area contributed by atoms with E-state index in [0.29, 0.717) is 5.41 Å². The van der Waals surface area contributed by atoms with Crippen molar-refractivity contribution in [3.8, 4) is 0 Å². The largest absolute Gasteiger partial charge is 0.0861 e. The zero-order valence-corrected chi connectivity index (χ0v) is 14.0. The van der Waals surface area contributed by atoms with Crippen molar-refractivity contribution in [2.45, 2.75) is 81.3 Å². The van der Waals surface area contributed by atoms with Gasteiger partial charge < -0.3 is 0 Å². The van der Waals surface area contributed by atoms with Crippen LogP contribution in [0.15, 0.2) is 0 Å². The molecular formula is C14H26Br2. The minimum Gasteiger partial charge on any atom is -0.0721 e. The Labute approximate surface area is 118 Å². The predicted octanol–water partition coefficient (Wildman–Crippen LogP) is 6.41. The molecule has 96 valence electrons. The second-order valence-corrected chi connectivity index (χ2v) is 9.17. The number of hydrogen-bond acceptors (Lipinski definition) is 0. The van der Waals surface area contributed by atoms with Crippen molar-refractivity contribution in [2.75, 3.05) is 0 Å². The van der Waals surface area contributed by atoms with Gasteiger partial charge in [-0.2, -0.15) is 0 Å². The summed E-state index contributed by atoms with van der Waals surface area (Å²) in [6, 6.07) is 0. The Morgan fingerprint density at radius 2 is 1.38 bits per heavy atom. The predicted molar refractivity (Wildman–Crippen MR) is 80.5 cm³/mol. The Hall–Kier alpha value is 0.960. The van der Waals surface area contributed by atoms with Crippen LogP contribution in [0.5, 0.6) is 0 Å². The van der Waals surface area contributed by atoms with Gasteiger partial charge in [0.15, 0.2) is 0 Å². The maximum absolute atomic E-state index is 3.99. The van der Waals surface area contributed by atoms with Gasteiger partial charge in [0.2, 0.25) is 0 Å². The average molecular weight is 354 g/mol. The molecule has 1 aliphatic rings. The zero-order chi connectivity index (χ0) is 12.1. The molecule has 1 saturated carbocycles. The molecule has 0 amide bonds. The van der Waals surface area contributed by atoms with E-state index in [1.54, 1.807) is 0 Å². The minimum absolute atomic E-state index is 0.218. The second kappa shape index (κ2) is 6.78. The maximum Gasteiger partial charge on any atom is 0.0861 e. The lowest BCUT2D eigenvalue weighted by atomic mass is 9.68. The Morgan fingerprint density at radius 1 is 0.875 bits per heavy atom. The standard InChI is InChI=1S/C14H26Br2/c1-3-5-9-13(10-6-4-2)11-7-8-12-14(13,15)16/h3-12H2,1-2H3. The van der Waals surface area contributed by atoms with Crippen LogP contribution in [0.2, 0.25) is 0 Å². The van der Waals surface area contributed by atoms with E-state index in [2.05, 4.69) is 45.7 Å². The van der Waals surface area contributed by atoms with Crippen molar-refractivity contribution in [1.29, 1.82) is 0 Å². The lowest BCUT2D eigenvalue weighted by molar-refractivity contribution is 0.149. The summed E-state index contributed by atoms with van der Waals surface area (Å²) in [6.07, 6.45) is 13.7. The first-order chi connectivity index (χ1) is 7.58. The van der Waals surface area contributed by atoms with Gasteiger partial charge in [0, 0.05) is 0 Å². The third-order valence-electron chi connectivity index (χ3n) is 4.19. The molecule has 0 radical (unpaired) electrons. The first-order valence-corrected chi connectivity index (χ1v) is 8.54. The van der Waals surface area contributed by atoms with Crippen molar-refractivity contribution in [3.05, 3.63) is 0 Å². The van der Waals surface area contributed by atoms with Crippen molar-refractivity contribution < 1.29 is 0 Å². The molecule has 1 rings (SSSR count). The van der Waals surface area contributed by atoms with Gasteiger partial charge in [-0.25, -0.2) is 0 Å². The summed E-state index contributed by atoms with van der Waals surface area (Å²) in [6.45, 7) is 4.61. The summed E-state index contributed by atoms with van der Waals surface area (Å²) in [4.78, 5) is 0. The lowest BCUT2D eigenvalue weighted by Crippen LogP contribution is -2.41. The number of rotatable bonds is 6. The van der Waals surface area contributed by atoms with Gasteiger partial charge in [0.05, 0.1) is 3.23 Å². The van der Waals surface area contributed by atoms with E-state index in [-0.39, 0.29) is 3.23 Å². The summed E-state index contributed by atoms with van der Waals surface area (Å²) in [5.41, 5.74) is 0.511. The SMILES string of the molecule is CCCCC1(CCCC)CCCCC1(Br)Br. The molecule has 0 aromatic heterocycles. The normalized spacial score (nSPS) is 23.2. The molecule has 0 bridgehead atoms. The first-order valence-electron chi connectivity index (χ1n) is 6.96. The molecule has 0 unspecified atom stereocenters. The number of unbranched alkanes of at least 4 members (excludes halogenated alkanes) is 2. The molecule has 1 fully saturated rings. The van der Waals surface area contributed by atoms with Crippen LogP contribution in [0.4, 0.5) is 0 Å². The van der Waals surface area contributed by atoms with Gasteiger partial charge in [-0.1, -0.05) is 84.2 Å². The number of alkyl halides is 2. The molecule has 2 heteroatoms. The Balaban J connectivity index is 2.73. The van der Waals surface area contributed by atoms with Gasteiger partial charge in [0.1, 0.15) is 0 Å². The van der Waals surface area contributed by atoms with Crippen LogP contribution in [0, 0.1) is 5.41 Å². The van der Waals surface area contributed by atoms with Crippen LogP contribution in [0.3, 0.4) is 0 Å². The molecule has 0 N–H and O–H groups in total. The maximum atomic E-state index is 3.99. The Morgan fingerprint density at radius 3 is 1.81 bits per heavy atom. The Bertz CT molecular complexity index is 191. The van der Waals surface area contributed by atoms with E-state index in [4.69, 9.17) is 0 Å². The van der Waals surface area contributed by atoms with Crippen molar-refractivity contribution in [3.63, 3.8) is 0 Å². The molecule has 0 atom stereocenters. The smallest absolute Gasteiger partial charge is 0.0721 e. The van der Waals surface area contributed by atoms with Crippen LogP contribution in [0.25, 0.3) is 0 Å². The monoisotopic (exact) mass is 352 g/mol. The molecule has 0 spiro atoms. The highest BCUT2D eigenvalue weighted by atomic mass is 79.9. The summed E-state index contributed by atoms with van der Waals surface area (Å²) >= 11 is 7.99. The third kappa shape index (κ3) is 3.48. The number of halogens is 2.